The van der Waals surface area contributed by atoms with Crippen LogP contribution in [0.15, 0.2) is 24.8 Å². The first kappa shape index (κ1) is 12.8. The van der Waals surface area contributed by atoms with Gasteiger partial charge < -0.3 is 0 Å². The number of aromatic nitrogens is 4. The fourth-order valence-electron chi connectivity index (χ4n) is 1.86. The van der Waals surface area contributed by atoms with Crippen LogP contribution in [0.3, 0.4) is 0 Å². The molecule has 92 valence electrons. The van der Waals surface area contributed by atoms with Crippen LogP contribution in [-0.2, 0) is 14.1 Å². The van der Waals surface area contributed by atoms with E-state index in [1.54, 1.807) is 0 Å². The van der Waals surface area contributed by atoms with Gasteiger partial charge in [-0.1, -0.05) is 31.9 Å². The second-order valence-corrected chi connectivity index (χ2v) is 6.29. The number of hydrogen-bond donors (Lipinski definition) is 2. The lowest BCUT2D eigenvalue weighted by atomic mass is 10.2. The van der Waals surface area contributed by atoms with Crippen LogP contribution in [0.5, 0.6) is 0 Å². The molecule has 0 saturated carbocycles. The van der Waals surface area contributed by atoms with Crippen molar-refractivity contribution in [2.45, 2.75) is 16.1 Å². The van der Waals surface area contributed by atoms with Crippen molar-refractivity contribution in [2.75, 3.05) is 0 Å². The Kier molecular flexibility index (Phi) is 4.04. The van der Waals surface area contributed by atoms with Crippen molar-refractivity contribution >= 4 is 31.9 Å². The molecule has 0 aliphatic carbocycles. The fraction of sp³-hybridized carbons (Fsp3) is 0.455. The Morgan fingerprint density at radius 2 is 1.41 bits per heavy atom. The minimum Gasteiger partial charge on any atom is -0.247 e. The molecule has 2 atom stereocenters. The highest BCUT2D eigenvalue weighted by Gasteiger charge is 2.26. The molecule has 0 aromatic carbocycles. The average molecular weight is 364 g/mol. The van der Waals surface area contributed by atoms with Gasteiger partial charge in [-0.15, -0.1) is 0 Å². The quantitative estimate of drug-likeness (QED) is 0.615. The summed E-state index contributed by atoms with van der Waals surface area (Å²) in [5.41, 5.74) is 0. The topological polar surface area (TPSA) is 39.3 Å². The molecule has 2 aromatic rings. The van der Waals surface area contributed by atoms with Crippen LogP contribution in [0.1, 0.15) is 27.7 Å². The van der Waals surface area contributed by atoms with Crippen molar-refractivity contribution in [1.29, 1.82) is 0 Å². The lowest BCUT2D eigenvalue weighted by molar-refractivity contribution is -0.679. The summed E-state index contributed by atoms with van der Waals surface area (Å²) in [6.45, 7) is 0. The molecule has 2 aromatic heterocycles. The summed E-state index contributed by atoms with van der Waals surface area (Å²) in [6.07, 6.45) is 8.88. The van der Waals surface area contributed by atoms with Crippen molar-refractivity contribution in [3.8, 4) is 0 Å². The van der Waals surface area contributed by atoms with Crippen molar-refractivity contribution in [3.05, 3.63) is 36.4 Å². The number of alkyl halides is 2. The van der Waals surface area contributed by atoms with E-state index in [2.05, 4.69) is 51.0 Å². The molecule has 2 N–H and O–H groups in total. The number of aromatic amines is 2. The summed E-state index contributed by atoms with van der Waals surface area (Å²) >= 11 is 7.44. The molecule has 0 fully saturated rings. The maximum atomic E-state index is 3.72. The summed E-state index contributed by atoms with van der Waals surface area (Å²) in [4.78, 5) is 7.07. The number of halogens is 2. The second-order valence-electron chi connectivity index (χ2n) is 4.08. The SMILES string of the molecule is C[n+]1cc[nH]c1C(Br)CC(Br)c1[nH]cc[n+]1C. The summed E-state index contributed by atoms with van der Waals surface area (Å²) < 4.78 is 4.18. The Labute approximate surface area is 117 Å². The minimum atomic E-state index is 0.287. The largest absolute Gasteiger partial charge is 0.268 e. The smallest absolute Gasteiger partial charge is 0.247 e. The van der Waals surface area contributed by atoms with Crippen LogP contribution >= 0.6 is 31.9 Å². The van der Waals surface area contributed by atoms with Crippen LogP contribution in [0.25, 0.3) is 0 Å². The van der Waals surface area contributed by atoms with E-state index in [0.29, 0.717) is 0 Å². The molecule has 2 rings (SSSR count). The van der Waals surface area contributed by atoms with Crippen molar-refractivity contribution in [2.24, 2.45) is 14.1 Å². The van der Waals surface area contributed by atoms with E-state index in [0.717, 1.165) is 6.42 Å². The van der Waals surface area contributed by atoms with Crippen LogP contribution in [0, 0.1) is 0 Å². The van der Waals surface area contributed by atoms with Gasteiger partial charge in [0, 0.05) is 0 Å². The Morgan fingerprint density at radius 3 is 1.71 bits per heavy atom. The van der Waals surface area contributed by atoms with E-state index >= 15 is 0 Å². The Bertz CT molecular complexity index is 447. The van der Waals surface area contributed by atoms with Crippen molar-refractivity contribution < 1.29 is 9.13 Å². The number of nitrogens with zero attached hydrogens (tertiary/aromatic N) is 2. The monoisotopic (exact) mass is 362 g/mol. The van der Waals surface area contributed by atoms with E-state index in [-0.39, 0.29) is 9.65 Å². The maximum Gasteiger partial charge on any atom is 0.268 e. The number of rotatable bonds is 4. The van der Waals surface area contributed by atoms with Gasteiger partial charge in [-0.2, -0.15) is 0 Å². The first-order valence-corrected chi connectivity index (χ1v) is 7.26. The molecular formula is C11H16Br2N4+2. The fourth-order valence-corrected chi connectivity index (χ4v) is 4.02. The third kappa shape index (κ3) is 2.80. The van der Waals surface area contributed by atoms with Crippen LogP contribution in [0.4, 0.5) is 0 Å². The third-order valence-corrected chi connectivity index (χ3v) is 4.44. The van der Waals surface area contributed by atoms with Gasteiger partial charge in [0.15, 0.2) is 0 Å². The Balaban J connectivity index is 2.07. The van der Waals surface area contributed by atoms with E-state index in [9.17, 15) is 0 Å². The number of imidazole rings is 2. The number of aryl methyl sites for hydroxylation is 2. The predicted molar refractivity (Wildman–Crippen MR) is 71.9 cm³/mol. The van der Waals surface area contributed by atoms with Crippen LogP contribution in [0.2, 0.25) is 0 Å². The maximum absolute atomic E-state index is 3.72. The van der Waals surface area contributed by atoms with Gasteiger partial charge in [0.05, 0.1) is 14.1 Å². The highest BCUT2D eigenvalue weighted by atomic mass is 79.9. The average Bonchev–Trinajstić information content (AvgIpc) is 2.86. The molecule has 4 nitrogen and oxygen atoms in total. The zero-order valence-corrected chi connectivity index (χ0v) is 13.0. The van der Waals surface area contributed by atoms with Gasteiger partial charge in [-0.05, 0) is 6.42 Å². The van der Waals surface area contributed by atoms with E-state index < -0.39 is 0 Å². The molecule has 0 aliphatic heterocycles. The molecule has 0 saturated heterocycles. The molecule has 2 heterocycles. The molecule has 0 radical (unpaired) electrons. The molecule has 0 aliphatic rings. The second kappa shape index (κ2) is 5.35. The summed E-state index contributed by atoms with van der Waals surface area (Å²) in [5.74, 6) is 2.34. The van der Waals surface area contributed by atoms with Gasteiger partial charge in [-0.25, -0.2) is 19.1 Å². The van der Waals surface area contributed by atoms with Gasteiger partial charge >= 0.3 is 0 Å². The first-order valence-electron chi connectivity index (χ1n) is 5.43. The van der Waals surface area contributed by atoms with Crippen molar-refractivity contribution in [3.63, 3.8) is 0 Å². The molecule has 2 unspecified atom stereocenters. The van der Waals surface area contributed by atoms with E-state index in [1.807, 2.05) is 38.9 Å². The number of hydrogen-bond acceptors (Lipinski definition) is 0. The standard InChI is InChI=1S/C11H14Br2N4/c1-16-5-3-14-10(16)8(12)7-9(13)11-15-4-6-17(11)2/h3-6,8-9H,7H2,1-2H3/p+2. The summed E-state index contributed by atoms with van der Waals surface area (Å²) in [5, 5.41) is 0. The van der Waals surface area contributed by atoms with Crippen molar-refractivity contribution in [1.82, 2.24) is 9.97 Å². The predicted octanol–water partition coefficient (Wildman–Crippen LogP) is 1.95. The van der Waals surface area contributed by atoms with Crippen LogP contribution < -0.4 is 9.13 Å². The Morgan fingerprint density at radius 1 is 1.00 bits per heavy atom. The normalized spacial score (nSPS) is 14.8. The number of nitrogens with one attached hydrogen (secondary N) is 2. The Hall–Kier alpha value is -0.620. The highest BCUT2D eigenvalue weighted by molar-refractivity contribution is 9.09. The lowest BCUT2D eigenvalue weighted by Crippen LogP contribution is -2.33. The van der Waals surface area contributed by atoms with Gasteiger partial charge in [0.1, 0.15) is 34.4 Å². The molecule has 0 bridgehead atoms. The van der Waals surface area contributed by atoms with Gasteiger partial charge in [-0.3, -0.25) is 0 Å². The summed E-state index contributed by atoms with van der Waals surface area (Å²) in [6, 6.07) is 0. The van der Waals surface area contributed by atoms with Crippen LogP contribution in [-0.4, -0.2) is 9.97 Å². The minimum absolute atomic E-state index is 0.287. The first-order chi connectivity index (χ1) is 8.09. The molecular weight excluding hydrogens is 348 g/mol. The van der Waals surface area contributed by atoms with Gasteiger partial charge in [0.2, 0.25) is 0 Å². The van der Waals surface area contributed by atoms with E-state index in [1.165, 1.54) is 11.6 Å². The lowest BCUT2D eigenvalue weighted by Gasteiger charge is -2.08. The summed E-state index contributed by atoms with van der Waals surface area (Å²) in [7, 11) is 4.08. The number of H-pyrrole nitrogens is 2. The molecule has 6 heteroatoms. The third-order valence-electron chi connectivity index (χ3n) is 2.83. The van der Waals surface area contributed by atoms with E-state index in [4.69, 9.17) is 0 Å². The molecule has 0 spiro atoms. The van der Waals surface area contributed by atoms with Gasteiger partial charge in [0.25, 0.3) is 11.6 Å². The highest BCUT2D eigenvalue weighted by Crippen LogP contribution is 2.33. The zero-order valence-electron chi connectivity index (χ0n) is 9.82. The molecule has 17 heavy (non-hydrogen) atoms. The zero-order chi connectivity index (χ0) is 12.4. The molecule has 0 amide bonds.